The van der Waals surface area contributed by atoms with Crippen LogP contribution in [0.2, 0.25) is 5.02 Å². The minimum Gasteiger partial charge on any atom is -0.352 e. The number of hydrogen-bond acceptors (Lipinski definition) is 6. The number of hydrogen-bond donors (Lipinski definition) is 0. The van der Waals surface area contributed by atoms with Crippen LogP contribution in [-0.4, -0.2) is 58.9 Å². The average Bonchev–Trinajstić information content (AvgIpc) is 3.25. The molecule has 0 radical (unpaired) electrons. The fraction of sp³-hybridized carbons (Fsp3) is 0.278. The number of benzene rings is 1. The molecule has 4 rings (SSSR count). The topological polar surface area (TPSA) is 84.2 Å². The molecule has 10 heteroatoms. The Kier molecular flexibility index (Phi) is 5.05. The predicted molar refractivity (Wildman–Crippen MR) is 106 cm³/mol. The van der Waals surface area contributed by atoms with Crippen LogP contribution in [0.15, 0.2) is 53.7 Å². The molecule has 1 aliphatic heterocycles. The summed E-state index contributed by atoms with van der Waals surface area (Å²) in [5.74, 6) is 1.35. The summed E-state index contributed by atoms with van der Waals surface area (Å²) in [7, 11) is -3.58. The molecule has 0 atom stereocenters. The quantitative estimate of drug-likeness (QED) is 0.645. The number of nitrogens with zero attached hydrogens (tertiary/aromatic N) is 6. The minimum atomic E-state index is -3.58. The molecule has 1 saturated heterocycles. The fourth-order valence-corrected chi connectivity index (χ4v) is 5.07. The van der Waals surface area contributed by atoms with Crippen LogP contribution >= 0.6 is 11.6 Å². The standard InChI is InChI=1S/C18H19ClN6O2S/c1-14-3-4-15(19)13-16(14)28(26,27)24-11-9-23(10-12-24)17-5-6-18(22-21-17)25-8-2-7-20-25/h2-8,13H,9-12H2,1H3. The molecule has 0 amide bonds. The maximum atomic E-state index is 13.0. The molecule has 0 unspecified atom stereocenters. The van der Waals surface area contributed by atoms with Gasteiger partial charge in [0.1, 0.15) is 0 Å². The van der Waals surface area contributed by atoms with Crippen molar-refractivity contribution in [1.82, 2.24) is 24.3 Å². The molecule has 2 aromatic heterocycles. The summed E-state index contributed by atoms with van der Waals surface area (Å²) in [4.78, 5) is 2.29. The molecule has 28 heavy (non-hydrogen) atoms. The van der Waals surface area contributed by atoms with Crippen molar-refractivity contribution < 1.29 is 8.42 Å². The molecule has 0 aliphatic carbocycles. The molecule has 0 saturated carbocycles. The molecule has 3 aromatic rings. The minimum absolute atomic E-state index is 0.261. The van der Waals surface area contributed by atoms with Gasteiger partial charge in [-0.3, -0.25) is 0 Å². The van der Waals surface area contributed by atoms with Gasteiger partial charge in [0.05, 0.1) is 4.90 Å². The van der Waals surface area contributed by atoms with Gasteiger partial charge in [0.15, 0.2) is 11.6 Å². The lowest BCUT2D eigenvalue weighted by Gasteiger charge is -2.34. The third-order valence-corrected chi connectivity index (χ3v) is 6.98. The van der Waals surface area contributed by atoms with Crippen molar-refractivity contribution in [3.05, 3.63) is 59.4 Å². The highest BCUT2D eigenvalue weighted by atomic mass is 35.5. The van der Waals surface area contributed by atoms with Crippen molar-refractivity contribution in [2.45, 2.75) is 11.8 Å². The molecule has 146 valence electrons. The molecule has 1 aliphatic rings. The van der Waals surface area contributed by atoms with Crippen LogP contribution in [-0.2, 0) is 10.0 Å². The van der Waals surface area contributed by atoms with Gasteiger partial charge in [-0.15, -0.1) is 10.2 Å². The zero-order valence-electron chi connectivity index (χ0n) is 15.2. The summed E-state index contributed by atoms with van der Waals surface area (Å²) < 4.78 is 29.1. The second kappa shape index (κ2) is 7.50. The number of halogens is 1. The highest BCUT2D eigenvalue weighted by molar-refractivity contribution is 7.89. The lowest BCUT2D eigenvalue weighted by molar-refractivity contribution is 0.383. The van der Waals surface area contributed by atoms with Crippen LogP contribution in [0.25, 0.3) is 5.82 Å². The zero-order chi connectivity index (χ0) is 19.7. The van der Waals surface area contributed by atoms with E-state index in [4.69, 9.17) is 11.6 Å². The number of sulfonamides is 1. The highest BCUT2D eigenvalue weighted by Crippen LogP contribution is 2.25. The lowest BCUT2D eigenvalue weighted by Crippen LogP contribution is -2.49. The summed E-state index contributed by atoms with van der Waals surface area (Å²) in [6.45, 7) is 3.59. The first kappa shape index (κ1) is 18.9. The Morgan fingerprint density at radius 3 is 2.36 bits per heavy atom. The third kappa shape index (κ3) is 3.60. The van der Waals surface area contributed by atoms with Crippen LogP contribution in [0.5, 0.6) is 0 Å². The Hall–Kier alpha value is -2.49. The van der Waals surface area contributed by atoms with Crippen molar-refractivity contribution in [3.63, 3.8) is 0 Å². The Balaban J connectivity index is 1.46. The van der Waals surface area contributed by atoms with E-state index in [2.05, 4.69) is 15.3 Å². The van der Waals surface area contributed by atoms with E-state index in [1.165, 1.54) is 10.4 Å². The van der Waals surface area contributed by atoms with Crippen LogP contribution in [0.4, 0.5) is 5.82 Å². The zero-order valence-corrected chi connectivity index (χ0v) is 16.8. The molecule has 0 N–H and O–H groups in total. The van der Waals surface area contributed by atoms with Gasteiger partial charge in [0.25, 0.3) is 0 Å². The number of anilines is 1. The number of piperazine rings is 1. The van der Waals surface area contributed by atoms with Gasteiger partial charge < -0.3 is 4.90 Å². The second-order valence-electron chi connectivity index (χ2n) is 6.50. The SMILES string of the molecule is Cc1ccc(Cl)cc1S(=O)(=O)N1CCN(c2ccc(-n3cccn3)nn2)CC1. The molecule has 1 fully saturated rings. The van der Waals surface area contributed by atoms with Gasteiger partial charge in [-0.2, -0.15) is 9.40 Å². The second-order valence-corrected chi connectivity index (χ2v) is 8.84. The smallest absolute Gasteiger partial charge is 0.243 e. The predicted octanol–water partition coefficient (Wildman–Crippen LogP) is 2.14. The van der Waals surface area contributed by atoms with E-state index in [1.807, 2.05) is 23.1 Å². The molecule has 0 spiro atoms. The van der Waals surface area contributed by atoms with E-state index in [0.717, 1.165) is 0 Å². The number of aryl methyl sites for hydroxylation is 1. The molecular weight excluding hydrogens is 400 g/mol. The number of rotatable bonds is 4. The summed E-state index contributed by atoms with van der Waals surface area (Å²) in [5, 5.41) is 13.0. The van der Waals surface area contributed by atoms with Crippen LogP contribution in [0, 0.1) is 6.92 Å². The number of aromatic nitrogens is 4. The van der Waals surface area contributed by atoms with Crippen LogP contribution in [0.3, 0.4) is 0 Å². The van der Waals surface area contributed by atoms with Gasteiger partial charge in [-0.1, -0.05) is 17.7 Å². The largest absolute Gasteiger partial charge is 0.352 e. The van der Waals surface area contributed by atoms with Gasteiger partial charge in [0, 0.05) is 43.6 Å². The summed E-state index contributed by atoms with van der Waals surface area (Å²) >= 11 is 6.00. The monoisotopic (exact) mass is 418 g/mol. The Morgan fingerprint density at radius 2 is 1.71 bits per heavy atom. The summed E-state index contributed by atoms with van der Waals surface area (Å²) in [6, 6.07) is 10.5. The first-order valence-electron chi connectivity index (χ1n) is 8.80. The van der Waals surface area contributed by atoms with Gasteiger partial charge >= 0.3 is 0 Å². The summed E-state index contributed by atoms with van der Waals surface area (Å²) in [6.07, 6.45) is 3.47. The van der Waals surface area contributed by atoms with Crippen LogP contribution < -0.4 is 4.90 Å². The van der Waals surface area contributed by atoms with E-state index in [1.54, 1.807) is 36.1 Å². The van der Waals surface area contributed by atoms with E-state index in [0.29, 0.717) is 48.4 Å². The Morgan fingerprint density at radius 1 is 1.00 bits per heavy atom. The fourth-order valence-electron chi connectivity index (χ4n) is 3.16. The van der Waals surface area contributed by atoms with Gasteiger partial charge in [0.2, 0.25) is 10.0 Å². The van der Waals surface area contributed by atoms with E-state index < -0.39 is 10.0 Å². The normalized spacial score (nSPS) is 15.7. The van der Waals surface area contributed by atoms with E-state index in [9.17, 15) is 8.42 Å². The van der Waals surface area contributed by atoms with Crippen molar-refractivity contribution in [2.75, 3.05) is 31.1 Å². The third-order valence-electron chi connectivity index (χ3n) is 4.71. The molecule has 8 nitrogen and oxygen atoms in total. The van der Waals surface area contributed by atoms with Crippen molar-refractivity contribution in [1.29, 1.82) is 0 Å². The van der Waals surface area contributed by atoms with Crippen molar-refractivity contribution in [2.24, 2.45) is 0 Å². The lowest BCUT2D eigenvalue weighted by atomic mass is 10.2. The van der Waals surface area contributed by atoms with E-state index >= 15 is 0 Å². The average molecular weight is 419 g/mol. The molecular formula is C18H19ClN6O2S. The molecule has 1 aromatic carbocycles. The molecule has 3 heterocycles. The first-order chi connectivity index (χ1) is 13.4. The summed E-state index contributed by atoms with van der Waals surface area (Å²) in [5.41, 5.74) is 0.687. The first-order valence-corrected chi connectivity index (χ1v) is 10.6. The maximum Gasteiger partial charge on any atom is 0.243 e. The highest BCUT2D eigenvalue weighted by Gasteiger charge is 2.30. The van der Waals surface area contributed by atoms with Crippen LogP contribution in [0.1, 0.15) is 5.56 Å². The molecule has 0 bridgehead atoms. The van der Waals surface area contributed by atoms with Gasteiger partial charge in [-0.25, -0.2) is 13.1 Å². The van der Waals surface area contributed by atoms with Gasteiger partial charge in [-0.05, 0) is 42.8 Å². The van der Waals surface area contributed by atoms with Crippen molar-refractivity contribution in [3.8, 4) is 5.82 Å². The van der Waals surface area contributed by atoms with E-state index in [-0.39, 0.29) is 4.90 Å². The maximum absolute atomic E-state index is 13.0. The Bertz CT molecular complexity index is 1060. The Labute approximate surface area is 168 Å². The van der Waals surface area contributed by atoms with Crippen molar-refractivity contribution >= 4 is 27.4 Å².